The molecule has 0 radical (unpaired) electrons. The first-order valence-corrected chi connectivity index (χ1v) is 10.7. The number of carbonyl (C=O) groups excluding carboxylic acids is 1. The molecule has 162 valence electrons. The van der Waals surface area contributed by atoms with Gasteiger partial charge in [0.2, 0.25) is 0 Å². The van der Waals surface area contributed by atoms with Crippen molar-refractivity contribution in [3.8, 4) is 0 Å². The SMILES string of the molecule is CCCCCC(O)C=CC1C(OC)CC(OC)C1CC=CCCCC(=O)OC. The third kappa shape index (κ3) is 8.89. The van der Waals surface area contributed by atoms with Gasteiger partial charge in [-0.05, 0) is 31.6 Å². The fraction of sp³-hybridized carbons (Fsp3) is 0.783. The van der Waals surface area contributed by atoms with Crippen LogP contribution in [0, 0.1) is 11.8 Å². The van der Waals surface area contributed by atoms with Gasteiger partial charge in [-0.15, -0.1) is 0 Å². The highest BCUT2D eigenvalue weighted by molar-refractivity contribution is 5.69. The molecule has 0 aromatic heterocycles. The Morgan fingerprint density at radius 1 is 1.11 bits per heavy atom. The average molecular weight is 397 g/mol. The number of aliphatic hydroxyl groups is 1. The van der Waals surface area contributed by atoms with E-state index in [0.717, 1.165) is 51.4 Å². The van der Waals surface area contributed by atoms with Gasteiger partial charge in [0.25, 0.3) is 0 Å². The second kappa shape index (κ2) is 14.8. The van der Waals surface area contributed by atoms with Gasteiger partial charge >= 0.3 is 5.97 Å². The summed E-state index contributed by atoms with van der Waals surface area (Å²) in [6.07, 6.45) is 16.4. The van der Waals surface area contributed by atoms with E-state index in [-0.39, 0.29) is 30.2 Å². The summed E-state index contributed by atoms with van der Waals surface area (Å²) in [5.41, 5.74) is 0. The van der Waals surface area contributed by atoms with E-state index in [1.807, 2.05) is 6.08 Å². The Morgan fingerprint density at radius 2 is 1.86 bits per heavy atom. The number of esters is 1. The molecule has 0 aliphatic heterocycles. The van der Waals surface area contributed by atoms with Crippen molar-refractivity contribution in [2.75, 3.05) is 21.3 Å². The Kier molecular flexibility index (Phi) is 13.1. The zero-order chi connectivity index (χ0) is 20.8. The first-order valence-electron chi connectivity index (χ1n) is 10.7. The predicted molar refractivity (Wildman–Crippen MR) is 112 cm³/mol. The Bertz CT molecular complexity index is 474. The normalized spacial score (nSPS) is 26.3. The molecule has 1 aliphatic carbocycles. The molecule has 0 heterocycles. The molecule has 5 unspecified atom stereocenters. The van der Waals surface area contributed by atoms with Crippen molar-refractivity contribution in [3.05, 3.63) is 24.3 Å². The lowest BCUT2D eigenvalue weighted by molar-refractivity contribution is -0.140. The highest BCUT2D eigenvalue weighted by atomic mass is 16.5. The largest absolute Gasteiger partial charge is 0.469 e. The highest BCUT2D eigenvalue weighted by Gasteiger charge is 2.41. The van der Waals surface area contributed by atoms with Crippen molar-refractivity contribution in [1.82, 2.24) is 0 Å². The smallest absolute Gasteiger partial charge is 0.305 e. The van der Waals surface area contributed by atoms with Crippen LogP contribution in [0.25, 0.3) is 0 Å². The number of aliphatic hydroxyl groups excluding tert-OH is 1. The molecule has 0 aromatic carbocycles. The average Bonchev–Trinajstić information content (AvgIpc) is 3.05. The van der Waals surface area contributed by atoms with Crippen LogP contribution in [-0.4, -0.2) is 50.7 Å². The van der Waals surface area contributed by atoms with Crippen LogP contribution in [0.15, 0.2) is 24.3 Å². The quantitative estimate of drug-likeness (QED) is 0.267. The number of rotatable bonds is 14. The van der Waals surface area contributed by atoms with Crippen molar-refractivity contribution in [2.24, 2.45) is 11.8 Å². The lowest BCUT2D eigenvalue weighted by Gasteiger charge is -2.22. The van der Waals surface area contributed by atoms with Crippen LogP contribution in [-0.2, 0) is 19.0 Å². The van der Waals surface area contributed by atoms with Crippen LogP contribution in [0.2, 0.25) is 0 Å². The van der Waals surface area contributed by atoms with Gasteiger partial charge < -0.3 is 19.3 Å². The molecular weight excluding hydrogens is 356 g/mol. The van der Waals surface area contributed by atoms with Crippen LogP contribution >= 0.6 is 0 Å². The Labute approximate surface area is 171 Å². The van der Waals surface area contributed by atoms with E-state index in [9.17, 15) is 9.90 Å². The molecule has 5 nitrogen and oxygen atoms in total. The number of methoxy groups -OCH3 is 3. The molecule has 0 aromatic rings. The summed E-state index contributed by atoms with van der Waals surface area (Å²) in [7, 11) is 4.93. The van der Waals surface area contributed by atoms with Gasteiger partial charge in [-0.3, -0.25) is 4.79 Å². The van der Waals surface area contributed by atoms with Gasteiger partial charge in [0.15, 0.2) is 0 Å². The van der Waals surface area contributed by atoms with Gasteiger partial charge in [-0.25, -0.2) is 0 Å². The second-order valence-corrected chi connectivity index (χ2v) is 7.65. The number of hydrogen-bond donors (Lipinski definition) is 1. The first kappa shape index (κ1) is 24.9. The maximum atomic E-state index is 11.2. The number of ether oxygens (including phenoxy) is 3. The first-order chi connectivity index (χ1) is 13.6. The van der Waals surface area contributed by atoms with E-state index < -0.39 is 0 Å². The molecule has 1 rings (SSSR count). The lowest BCUT2D eigenvalue weighted by atomic mass is 9.89. The molecule has 1 N–H and O–H groups in total. The second-order valence-electron chi connectivity index (χ2n) is 7.65. The summed E-state index contributed by atoms with van der Waals surface area (Å²) in [4.78, 5) is 11.2. The summed E-state index contributed by atoms with van der Waals surface area (Å²) in [6.45, 7) is 2.17. The van der Waals surface area contributed by atoms with Gasteiger partial charge in [-0.2, -0.15) is 0 Å². The molecule has 5 heteroatoms. The van der Waals surface area contributed by atoms with E-state index >= 15 is 0 Å². The van der Waals surface area contributed by atoms with Crippen LogP contribution in [0.5, 0.6) is 0 Å². The summed E-state index contributed by atoms with van der Waals surface area (Å²) in [5, 5.41) is 10.2. The van der Waals surface area contributed by atoms with Crippen molar-refractivity contribution in [3.63, 3.8) is 0 Å². The minimum absolute atomic E-state index is 0.113. The topological polar surface area (TPSA) is 65.0 Å². The minimum Gasteiger partial charge on any atom is -0.469 e. The molecule has 0 saturated heterocycles. The van der Waals surface area contributed by atoms with E-state index in [1.54, 1.807) is 14.2 Å². The molecule has 1 fully saturated rings. The molecule has 0 bridgehead atoms. The van der Waals surface area contributed by atoms with Gasteiger partial charge in [0.1, 0.15) is 0 Å². The summed E-state index contributed by atoms with van der Waals surface area (Å²) in [6, 6.07) is 0. The number of carbonyl (C=O) groups is 1. The van der Waals surface area contributed by atoms with E-state index in [4.69, 9.17) is 9.47 Å². The standard InChI is InChI=1S/C23H40O5/c1-5-6-9-12-18(24)15-16-20-19(21(26-2)17-22(20)27-3)13-10-7-8-11-14-23(25)28-4/h7,10,15-16,18-22,24H,5-6,8-9,11-14,17H2,1-4H3. The number of allylic oxidation sites excluding steroid dienone is 2. The van der Waals surface area contributed by atoms with Gasteiger partial charge in [0.05, 0.1) is 25.4 Å². The number of hydrogen-bond acceptors (Lipinski definition) is 5. The van der Waals surface area contributed by atoms with E-state index in [1.165, 1.54) is 7.11 Å². The fourth-order valence-corrected chi connectivity index (χ4v) is 3.98. The van der Waals surface area contributed by atoms with Crippen LogP contribution < -0.4 is 0 Å². The summed E-state index contributed by atoms with van der Waals surface area (Å²) < 4.78 is 16.1. The summed E-state index contributed by atoms with van der Waals surface area (Å²) >= 11 is 0. The molecule has 5 atom stereocenters. The maximum Gasteiger partial charge on any atom is 0.305 e. The Balaban J connectivity index is 2.60. The molecule has 1 aliphatic rings. The van der Waals surface area contributed by atoms with E-state index in [0.29, 0.717) is 12.3 Å². The van der Waals surface area contributed by atoms with E-state index in [2.05, 4.69) is 29.9 Å². The molecule has 0 spiro atoms. The minimum atomic E-state index is -0.389. The third-order valence-electron chi connectivity index (χ3n) is 5.68. The maximum absolute atomic E-state index is 11.2. The molecular formula is C23H40O5. The lowest BCUT2D eigenvalue weighted by Crippen LogP contribution is -2.22. The highest BCUT2D eigenvalue weighted by Crippen LogP contribution is 2.39. The third-order valence-corrected chi connectivity index (χ3v) is 5.68. The Hall–Kier alpha value is -1.17. The molecule has 0 amide bonds. The summed E-state index contributed by atoms with van der Waals surface area (Å²) in [5.74, 6) is 0.399. The molecule has 1 saturated carbocycles. The van der Waals surface area contributed by atoms with Crippen molar-refractivity contribution < 1.29 is 24.1 Å². The van der Waals surface area contributed by atoms with Crippen LogP contribution in [0.3, 0.4) is 0 Å². The monoisotopic (exact) mass is 396 g/mol. The predicted octanol–water partition coefficient (Wildman–Crippen LogP) is 4.44. The van der Waals surface area contributed by atoms with Gasteiger partial charge in [-0.1, -0.05) is 50.5 Å². The van der Waals surface area contributed by atoms with Crippen molar-refractivity contribution >= 4 is 5.97 Å². The van der Waals surface area contributed by atoms with Crippen LogP contribution in [0.1, 0.15) is 64.7 Å². The van der Waals surface area contributed by atoms with Crippen molar-refractivity contribution in [2.45, 2.75) is 83.0 Å². The Morgan fingerprint density at radius 3 is 2.50 bits per heavy atom. The fourth-order valence-electron chi connectivity index (χ4n) is 3.98. The van der Waals surface area contributed by atoms with Crippen LogP contribution in [0.4, 0.5) is 0 Å². The zero-order valence-corrected chi connectivity index (χ0v) is 18.1. The zero-order valence-electron chi connectivity index (χ0n) is 18.1. The molecule has 28 heavy (non-hydrogen) atoms. The number of unbranched alkanes of at least 4 members (excludes halogenated alkanes) is 3. The van der Waals surface area contributed by atoms with Gasteiger partial charge in [0, 0.05) is 33.0 Å². The van der Waals surface area contributed by atoms with Crippen molar-refractivity contribution in [1.29, 1.82) is 0 Å².